The second kappa shape index (κ2) is 8.44. The maximum atomic E-state index is 11.9. The van der Waals surface area contributed by atoms with Crippen LogP contribution in [0.5, 0.6) is 0 Å². The lowest BCUT2D eigenvalue weighted by molar-refractivity contribution is -0.112. The van der Waals surface area contributed by atoms with E-state index in [9.17, 15) is 9.59 Å². The highest BCUT2D eigenvalue weighted by molar-refractivity contribution is 6.06. The van der Waals surface area contributed by atoms with Crippen molar-refractivity contribution in [2.75, 3.05) is 32.5 Å². The molecule has 7 heteroatoms. The van der Waals surface area contributed by atoms with Gasteiger partial charge in [-0.05, 0) is 38.4 Å². The summed E-state index contributed by atoms with van der Waals surface area (Å²) >= 11 is 0. The van der Waals surface area contributed by atoms with Crippen LogP contribution in [-0.2, 0) is 4.79 Å². The molecule has 0 atom stereocenters. The average Bonchev–Trinajstić information content (AvgIpc) is 2.47. The number of carboxylic acids is 1. The Morgan fingerprint density at radius 3 is 2.45 bits per heavy atom. The second-order valence-electron chi connectivity index (χ2n) is 4.76. The van der Waals surface area contributed by atoms with Gasteiger partial charge in [0.1, 0.15) is 11.6 Å². The van der Waals surface area contributed by atoms with Crippen molar-refractivity contribution in [2.45, 2.75) is 0 Å². The first kappa shape index (κ1) is 17.2. The van der Waals surface area contributed by atoms with E-state index in [0.717, 1.165) is 6.54 Å². The van der Waals surface area contributed by atoms with E-state index in [1.165, 1.54) is 30.5 Å². The Hall–Kier alpha value is -2.85. The molecule has 0 aliphatic heterocycles. The van der Waals surface area contributed by atoms with Gasteiger partial charge in [-0.25, -0.2) is 4.79 Å². The highest BCUT2D eigenvalue weighted by Crippen LogP contribution is 2.10. The maximum Gasteiger partial charge on any atom is 0.335 e. The smallest absolute Gasteiger partial charge is 0.335 e. The summed E-state index contributed by atoms with van der Waals surface area (Å²) in [6.07, 6.45) is 1.37. The van der Waals surface area contributed by atoms with Crippen molar-refractivity contribution in [2.24, 2.45) is 0 Å². The quantitative estimate of drug-likeness (QED) is 0.392. The van der Waals surface area contributed by atoms with Crippen LogP contribution < -0.4 is 10.6 Å². The van der Waals surface area contributed by atoms with Crippen LogP contribution >= 0.6 is 0 Å². The molecule has 0 radical (unpaired) electrons. The van der Waals surface area contributed by atoms with Gasteiger partial charge in [-0.1, -0.05) is 0 Å². The van der Waals surface area contributed by atoms with Gasteiger partial charge in [0.05, 0.1) is 5.56 Å². The molecule has 0 aromatic heterocycles. The summed E-state index contributed by atoms with van der Waals surface area (Å²) in [5, 5.41) is 23.2. The van der Waals surface area contributed by atoms with E-state index in [0.29, 0.717) is 12.2 Å². The van der Waals surface area contributed by atoms with Gasteiger partial charge in [-0.2, -0.15) is 5.26 Å². The minimum atomic E-state index is -1.04. The molecule has 0 aliphatic rings. The van der Waals surface area contributed by atoms with Crippen LogP contribution in [0.15, 0.2) is 36.0 Å². The molecule has 1 aromatic carbocycles. The van der Waals surface area contributed by atoms with Crippen LogP contribution in [0, 0.1) is 11.3 Å². The number of rotatable bonds is 7. The van der Waals surface area contributed by atoms with E-state index in [1.54, 1.807) is 0 Å². The Kier molecular flexibility index (Phi) is 6.60. The van der Waals surface area contributed by atoms with Crippen molar-refractivity contribution in [3.05, 3.63) is 41.6 Å². The molecule has 1 aromatic rings. The number of carboxylic acid groups (broad SMARTS) is 1. The number of hydrogen-bond donors (Lipinski definition) is 3. The van der Waals surface area contributed by atoms with Crippen molar-refractivity contribution >= 4 is 17.6 Å². The van der Waals surface area contributed by atoms with Crippen molar-refractivity contribution in [3.63, 3.8) is 0 Å². The van der Waals surface area contributed by atoms with E-state index in [-0.39, 0.29) is 11.1 Å². The molecular formula is C15H18N4O3. The van der Waals surface area contributed by atoms with E-state index >= 15 is 0 Å². The third kappa shape index (κ3) is 5.64. The fourth-order valence-electron chi connectivity index (χ4n) is 1.51. The number of nitrogens with zero attached hydrogens (tertiary/aromatic N) is 2. The summed E-state index contributed by atoms with van der Waals surface area (Å²) in [5.74, 6) is -1.59. The van der Waals surface area contributed by atoms with E-state index in [1.807, 2.05) is 25.1 Å². The van der Waals surface area contributed by atoms with Gasteiger partial charge in [0, 0.05) is 25.0 Å². The summed E-state index contributed by atoms with van der Waals surface area (Å²) < 4.78 is 0. The number of hydrogen-bond acceptors (Lipinski definition) is 5. The third-order valence-corrected chi connectivity index (χ3v) is 2.70. The lowest BCUT2D eigenvalue weighted by Gasteiger charge is -2.09. The number of carbonyl (C=O) groups excluding carboxylic acids is 1. The highest BCUT2D eigenvalue weighted by Gasteiger charge is 2.09. The Morgan fingerprint density at radius 2 is 1.95 bits per heavy atom. The first-order chi connectivity index (χ1) is 10.4. The van der Waals surface area contributed by atoms with Crippen LogP contribution in [0.2, 0.25) is 0 Å². The Morgan fingerprint density at radius 1 is 1.32 bits per heavy atom. The normalized spacial score (nSPS) is 10.9. The average molecular weight is 302 g/mol. The molecule has 1 amide bonds. The number of benzene rings is 1. The van der Waals surface area contributed by atoms with Gasteiger partial charge in [-0.3, -0.25) is 4.79 Å². The van der Waals surface area contributed by atoms with Crippen molar-refractivity contribution in [3.8, 4) is 6.07 Å². The molecule has 0 saturated carbocycles. The van der Waals surface area contributed by atoms with Gasteiger partial charge in [0.2, 0.25) is 0 Å². The van der Waals surface area contributed by atoms with Gasteiger partial charge in [-0.15, -0.1) is 0 Å². The fourth-order valence-corrected chi connectivity index (χ4v) is 1.51. The molecule has 0 aliphatic carbocycles. The number of carbonyl (C=O) groups is 2. The lowest BCUT2D eigenvalue weighted by Crippen LogP contribution is -2.24. The zero-order valence-corrected chi connectivity index (χ0v) is 12.5. The lowest BCUT2D eigenvalue weighted by atomic mass is 10.2. The minimum absolute atomic E-state index is 0.0546. The summed E-state index contributed by atoms with van der Waals surface area (Å²) in [6.45, 7) is 1.38. The molecule has 116 valence electrons. The molecule has 0 saturated heterocycles. The fraction of sp³-hybridized carbons (Fsp3) is 0.267. The van der Waals surface area contributed by atoms with Crippen molar-refractivity contribution in [1.29, 1.82) is 5.26 Å². The van der Waals surface area contributed by atoms with Crippen LogP contribution in [-0.4, -0.2) is 49.1 Å². The van der Waals surface area contributed by atoms with E-state index in [4.69, 9.17) is 10.4 Å². The Labute approximate surface area is 128 Å². The number of aromatic carboxylic acids is 1. The van der Waals surface area contributed by atoms with E-state index in [2.05, 4.69) is 10.6 Å². The van der Waals surface area contributed by atoms with E-state index < -0.39 is 11.9 Å². The molecular weight excluding hydrogens is 284 g/mol. The number of nitrogens with one attached hydrogen (secondary N) is 2. The largest absolute Gasteiger partial charge is 0.478 e. The zero-order chi connectivity index (χ0) is 16.5. The van der Waals surface area contributed by atoms with Crippen molar-refractivity contribution < 1.29 is 14.7 Å². The monoisotopic (exact) mass is 302 g/mol. The third-order valence-electron chi connectivity index (χ3n) is 2.70. The number of anilines is 1. The predicted octanol–water partition coefficient (Wildman–Crippen LogP) is 0.882. The van der Waals surface area contributed by atoms with Crippen LogP contribution in [0.4, 0.5) is 5.69 Å². The topological polar surface area (TPSA) is 105 Å². The number of nitriles is 1. The molecule has 22 heavy (non-hydrogen) atoms. The minimum Gasteiger partial charge on any atom is -0.478 e. The van der Waals surface area contributed by atoms with Gasteiger partial charge in [0.25, 0.3) is 5.91 Å². The SMILES string of the molecule is CN(C)CCN/C=C(/C#N)C(=O)Nc1ccc(C(=O)O)cc1. The number of amides is 1. The molecule has 0 heterocycles. The van der Waals surface area contributed by atoms with Crippen LogP contribution in [0.1, 0.15) is 10.4 Å². The maximum absolute atomic E-state index is 11.9. The molecule has 0 spiro atoms. The van der Waals surface area contributed by atoms with Crippen molar-refractivity contribution in [1.82, 2.24) is 10.2 Å². The first-order valence-corrected chi connectivity index (χ1v) is 6.57. The standard InChI is InChI=1S/C15H18N4O3/c1-19(2)8-7-17-10-12(9-16)14(20)18-13-5-3-11(4-6-13)15(21)22/h3-6,10,17H,7-8H2,1-2H3,(H,18,20)(H,21,22)/b12-10-. The molecule has 0 unspecified atom stereocenters. The Balaban J connectivity index is 2.63. The summed E-state index contributed by atoms with van der Waals surface area (Å²) in [7, 11) is 3.84. The highest BCUT2D eigenvalue weighted by atomic mass is 16.4. The number of likely N-dealkylation sites (N-methyl/N-ethyl adjacent to an activating group) is 1. The molecule has 1 rings (SSSR count). The summed E-state index contributed by atoms with van der Waals surface area (Å²) in [4.78, 5) is 24.6. The van der Waals surface area contributed by atoms with Gasteiger partial charge < -0.3 is 20.6 Å². The first-order valence-electron chi connectivity index (χ1n) is 6.57. The zero-order valence-electron chi connectivity index (χ0n) is 12.5. The second-order valence-corrected chi connectivity index (χ2v) is 4.76. The predicted molar refractivity (Wildman–Crippen MR) is 82.3 cm³/mol. The van der Waals surface area contributed by atoms with Gasteiger partial charge in [0.15, 0.2) is 0 Å². The van der Waals surface area contributed by atoms with Gasteiger partial charge >= 0.3 is 5.97 Å². The summed E-state index contributed by atoms with van der Waals surface area (Å²) in [6, 6.07) is 7.51. The van der Waals surface area contributed by atoms with Crippen LogP contribution in [0.3, 0.4) is 0 Å². The Bertz CT molecular complexity index is 600. The molecule has 7 nitrogen and oxygen atoms in total. The molecule has 0 bridgehead atoms. The summed E-state index contributed by atoms with van der Waals surface area (Å²) in [5.41, 5.74) is 0.491. The molecule has 0 fully saturated rings. The van der Waals surface area contributed by atoms with Crippen LogP contribution in [0.25, 0.3) is 0 Å². The molecule has 3 N–H and O–H groups in total.